The van der Waals surface area contributed by atoms with Crippen LogP contribution in [0.5, 0.6) is 0 Å². The van der Waals surface area contributed by atoms with E-state index in [0.29, 0.717) is 23.9 Å². The molecule has 10 heteroatoms. The molecule has 0 spiro atoms. The van der Waals surface area contributed by atoms with Crippen LogP contribution in [0.25, 0.3) is 0 Å². The van der Waals surface area contributed by atoms with Crippen molar-refractivity contribution in [1.29, 1.82) is 0 Å². The first-order valence-electron chi connectivity index (χ1n) is 10.6. The van der Waals surface area contributed by atoms with E-state index in [1.807, 2.05) is 6.07 Å². The van der Waals surface area contributed by atoms with Gasteiger partial charge in [-0.2, -0.15) is 9.78 Å². The highest BCUT2D eigenvalue weighted by Gasteiger charge is 2.31. The number of nitrogens with zero attached hydrogens (tertiary/aromatic N) is 4. The van der Waals surface area contributed by atoms with E-state index in [1.165, 1.54) is 6.20 Å². The Kier molecular flexibility index (Phi) is 6.62. The lowest BCUT2D eigenvalue weighted by atomic mass is 9.84. The molecule has 172 valence electrons. The van der Waals surface area contributed by atoms with Crippen molar-refractivity contribution < 1.29 is 14.3 Å². The minimum Gasteiger partial charge on any atom is -0.378 e. The van der Waals surface area contributed by atoms with Gasteiger partial charge in [0.05, 0.1) is 36.7 Å². The molecule has 1 fully saturated rings. The van der Waals surface area contributed by atoms with Crippen molar-refractivity contribution in [2.45, 2.75) is 19.3 Å². The predicted octanol–water partition coefficient (Wildman–Crippen LogP) is 3.76. The van der Waals surface area contributed by atoms with Gasteiger partial charge >= 0.3 is 6.03 Å². The Morgan fingerprint density at radius 3 is 2.42 bits per heavy atom. The molecule has 0 unspecified atom stereocenters. The number of benzene rings is 1. The van der Waals surface area contributed by atoms with Crippen molar-refractivity contribution in [2.75, 3.05) is 41.8 Å². The Morgan fingerprint density at radius 2 is 1.76 bits per heavy atom. The van der Waals surface area contributed by atoms with Gasteiger partial charge < -0.3 is 20.3 Å². The summed E-state index contributed by atoms with van der Waals surface area (Å²) in [6.45, 7) is 6.50. The van der Waals surface area contributed by atoms with Gasteiger partial charge in [-0.1, -0.05) is 23.7 Å². The van der Waals surface area contributed by atoms with Gasteiger partial charge in [-0.3, -0.25) is 4.79 Å². The van der Waals surface area contributed by atoms with E-state index in [0.717, 1.165) is 29.2 Å². The Hall–Kier alpha value is -3.43. The fourth-order valence-electron chi connectivity index (χ4n) is 3.45. The van der Waals surface area contributed by atoms with E-state index in [1.54, 1.807) is 56.4 Å². The SMILES string of the molecule is CC(C)(C(=O)Nc1ccnn1C(=O)Nc1ccc(N2CCOCC2)nc1)c1ccc(Cl)cc1. The van der Waals surface area contributed by atoms with Crippen molar-refractivity contribution in [3.05, 3.63) is 65.4 Å². The number of carbonyl (C=O) groups excluding carboxylic acids is 2. The number of halogens is 1. The van der Waals surface area contributed by atoms with E-state index in [2.05, 4.69) is 25.6 Å². The molecule has 3 heterocycles. The summed E-state index contributed by atoms with van der Waals surface area (Å²) in [5.41, 5.74) is 0.465. The van der Waals surface area contributed by atoms with Crippen LogP contribution in [0.1, 0.15) is 19.4 Å². The predicted molar refractivity (Wildman–Crippen MR) is 127 cm³/mol. The molecule has 1 saturated heterocycles. The average Bonchev–Trinajstić information content (AvgIpc) is 3.29. The van der Waals surface area contributed by atoms with Crippen LogP contribution < -0.4 is 15.5 Å². The molecule has 2 amide bonds. The van der Waals surface area contributed by atoms with Crippen molar-refractivity contribution >= 4 is 40.9 Å². The van der Waals surface area contributed by atoms with Gasteiger partial charge in [0, 0.05) is 24.2 Å². The number of hydrogen-bond donors (Lipinski definition) is 2. The molecule has 2 N–H and O–H groups in total. The highest BCUT2D eigenvalue weighted by Crippen LogP contribution is 2.26. The molecular formula is C23H25ClN6O3. The summed E-state index contributed by atoms with van der Waals surface area (Å²) >= 11 is 5.96. The minimum atomic E-state index is -0.852. The van der Waals surface area contributed by atoms with Crippen molar-refractivity contribution in [3.63, 3.8) is 0 Å². The zero-order valence-corrected chi connectivity index (χ0v) is 19.2. The smallest absolute Gasteiger partial charge is 0.348 e. The fourth-order valence-corrected chi connectivity index (χ4v) is 3.57. The second-order valence-electron chi connectivity index (χ2n) is 8.15. The molecule has 1 aliphatic heterocycles. The molecule has 33 heavy (non-hydrogen) atoms. The summed E-state index contributed by atoms with van der Waals surface area (Å²) in [7, 11) is 0. The molecule has 0 bridgehead atoms. The zero-order chi connectivity index (χ0) is 23.4. The number of carbonyl (C=O) groups is 2. The third kappa shape index (κ3) is 5.15. The van der Waals surface area contributed by atoms with Crippen LogP contribution in [-0.2, 0) is 14.9 Å². The topological polar surface area (TPSA) is 101 Å². The number of morpholine rings is 1. The maximum atomic E-state index is 13.0. The van der Waals surface area contributed by atoms with Crippen LogP contribution in [0.15, 0.2) is 54.9 Å². The highest BCUT2D eigenvalue weighted by molar-refractivity contribution is 6.30. The molecule has 0 saturated carbocycles. The van der Waals surface area contributed by atoms with Crippen LogP contribution in [0, 0.1) is 0 Å². The van der Waals surface area contributed by atoms with Crippen LogP contribution in [0.4, 0.5) is 22.1 Å². The first kappa shape index (κ1) is 22.8. The lowest BCUT2D eigenvalue weighted by molar-refractivity contribution is -0.120. The number of pyridine rings is 1. The third-order valence-electron chi connectivity index (χ3n) is 5.54. The number of nitrogens with one attached hydrogen (secondary N) is 2. The van der Waals surface area contributed by atoms with Gasteiger partial charge in [-0.25, -0.2) is 9.78 Å². The maximum absolute atomic E-state index is 13.0. The largest absolute Gasteiger partial charge is 0.378 e. The molecule has 0 atom stereocenters. The number of rotatable bonds is 5. The Morgan fingerprint density at radius 1 is 1.03 bits per heavy atom. The second kappa shape index (κ2) is 9.60. The van der Waals surface area contributed by atoms with Crippen molar-refractivity contribution in [1.82, 2.24) is 14.8 Å². The van der Waals surface area contributed by atoms with Gasteiger partial charge in [-0.15, -0.1) is 0 Å². The fraction of sp³-hybridized carbons (Fsp3) is 0.304. The van der Waals surface area contributed by atoms with E-state index < -0.39 is 11.4 Å². The van der Waals surface area contributed by atoms with E-state index in [-0.39, 0.29) is 11.7 Å². The summed E-state index contributed by atoms with van der Waals surface area (Å²) in [5, 5.41) is 10.2. The van der Waals surface area contributed by atoms with Crippen LogP contribution in [0.3, 0.4) is 0 Å². The Balaban J connectivity index is 1.42. The summed E-state index contributed by atoms with van der Waals surface area (Å²) in [5.74, 6) is 0.807. The third-order valence-corrected chi connectivity index (χ3v) is 5.80. The number of anilines is 3. The normalized spacial score (nSPS) is 14.1. The van der Waals surface area contributed by atoms with Crippen LogP contribution >= 0.6 is 11.6 Å². The Bertz CT molecular complexity index is 1120. The standard InChI is InChI=1S/C23H25ClN6O3/c1-23(2,16-3-5-17(24)6-4-16)21(31)28-20-9-10-26-30(20)22(32)27-18-7-8-19(25-15-18)29-11-13-33-14-12-29/h3-10,15H,11-14H2,1-2H3,(H,27,32)(H,28,31). The van der Waals surface area contributed by atoms with E-state index in [9.17, 15) is 9.59 Å². The molecule has 4 rings (SSSR count). The monoisotopic (exact) mass is 468 g/mol. The zero-order valence-electron chi connectivity index (χ0n) is 18.4. The molecule has 1 aliphatic rings. The molecule has 0 aliphatic carbocycles. The lowest BCUT2D eigenvalue weighted by Gasteiger charge is -2.27. The lowest BCUT2D eigenvalue weighted by Crippen LogP contribution is -2.36. The maximum Gasteiger partial charge on any atom is 0.348 e. The summed E-state index contributed by atoms with van der Waals surface area (Å²) in [6.07, 6.45) is 3.04. The summed E-state index contributed by atoms with van der Waals surface area (Å²) in [4.78, 5) is 32.3. The van der Waals surface area contributed by atoms with Gasteiger partial charge in [0.15, 0.2) is 0 Å². The van der Waals surface area contributed by atoms with E-state index >= 15 is 0 Å². The molecule has 1 aromatic carbocycles. The minimum absolute atomic E-state index is 0.262. The van der Waals surface area contributed by atoms with Gasteiger partial charge in [0.1, 0.15) is 11.6 Å². The first-order valence-corrected chi connectivity index (χ1v) is 10.9. The van der Waals surface area contributed by atoms with E-state index in [4.69, 9.17) is 16.3 Å². The highest BCUT2D eigenvalue weighted by atomic mass is 35.5. The molecule has 9 nitrogen and oxygen atoms in total. The number of ether oxygens (including phenoxy) is 1. The molecule has 0 radical (unpaired) electrons. The Labute approximate surface area is 196 Å². The number of amides is 2. The van der Waals surface area contributed by atoms with Crippen molar-refractivity contribution in [2.24, 2.45) is 0 Å². The summed E-state index contributed by atoms with van der Waals surface area (Å²) in [6, 6.07) is 11.8. The molecule has 3 aromatic rings. The quantitative estimate of drug-likeness (QED) is 0.591. The van der Waals surface area contributed by atoms with Gasteiger partial charge in [-0.05, 0) is 43.7 Å². The number of hydrogen-bond acceptors (Lipinski definition) is 6. The van der Waals surface area contributed by atoms with Gasteiger partial charge in [0.25, 0.3) is 0 Å². The van der Waals surface area contributed by atoms with Crippen LogP contribution in [-0.4, -0.2) is 53.0 Å². The van der Waals surface area contributed by atoms with Crippen molar-refractivity contribution in [3.8, 4) is 0 Å². The average molecular weight is 469 g/mol. The first-order chi connectivity index (χ1) is 15.8. The van der Waals surface area contributed by atoms with Crippen LogP contribution in [0.2, 0.25) is 5.02 Å². The molecular weight excluding hydrogens is 444 g/mol. The molecule has 2 aromatic heterocycles. The number of aromatic nitrogens is 3. The summed E-state index contributed by atoms with van der Waals surface area (Å²) < 4.78 is 6.46. The van der Waals surface area contributed by atoms with Gasteiger partial charge in [0.2, 0.25) is 5.91 Å². The second-order valence-corrected chi connectivity index (χ2v) is 8.59.